The monoisotopic (exact) mass is 432 g/mol. The number of hydrogen-bond acceptors (Lipinski definition) is 7. The van der Waals surface area contributed by atoms with Crippen molar-refractivity contribution in [2.45, 2.75) is 38.5 Å². The molecule has 0 aliphatic carbocycles. The number of piperidine rings is 1. The van der Waals surface area contributed by atoms with Crippen LogP contribution in [0.15, 0.2) is 27.6 Å². The van der Waals surface area contributed by atoms with E-state index in [2.05, 4.69) is 10.5 Å². The fourth-order valence-corrected chi connectivity index (χ4v) is 5.38. The number of aryl methyl sites for hydroxylation is 2. The molecule has 1 amide bonds. The Kier molecular flexibility index (Phi) is 6.43. The lowest BCUT2D eigenvalue weighted by molar-refractivity contribution is -0.120. The minimum Gasteiger partial charge on any atom is -0.492 e. The number of amides is 1. The Hall–Kier alpha value is -2.90. The smallest absolute Gasteiger partial charge is 0.248 e. The Morgan fingerprint density at radius 1 is 1.43 bits per heavy atom. The highest BCUT2D eigenvalue weighted by Crippen LogP contribution is 2.30. The Bertz CT molecular complexity index is 1070. The number of nitriles is 1. The van der Waals surface area contributed by atoms with Crippen LogP contribution in [0.4, 0.5) is 5.69 Å². The number of ether oxygens (including phenoxy) is 1. The molecule has 10 heteroatoms. The molecule has 1 aliphatic rings. The first kappa shape index (κ1) is 21.8. The first-order valence-electron chi connectivity index (χ1n) is 9.68. The second-order valence-electron chi connectivity index (χ2n) is 7.10. The Balaban J connectivity index is 1.79. The molecule has 0 spiro atoms. The number of benzene rings is 1. The summed E-state index contributed by atoms with van der Waals surface area (Å²) >= 11 is 0. The van der Waals surface area contributed by atoms with Crippen molar-refractivity contribution in [3.8, 4) is 11.8 Å². The standard InChI is InChI=1S/C20H24N4O5S/c1-4-28-18-8-7-15(11-21)10-17(18)22-20(25)16-6-5-9-24(12-16)30(26,27)19-13(2)23-29-14(19)3/h7-8,10,16H,4-6,9,12H2,1-3H3,(H,22,25). The van der Waals surface area contributed by atoms with Crippen LogP contribution >= 0.6 is 0 Å². The summed E-state index contributed by atoms with van der Waals surface area (Å²) in [5, 5.41) is 15.7. The number of carbonyl (C=O) groups excluding carboxylic acids is 1. The molecule has 1 aromatic heterocycles. The normalized spacial score (nSPS) is 17.3. The van der Waals surface area contributed by atoms with Crippen LogP contribution < -0.4 is 10.1 Å². The third kappa shape index (κ3) is 4.32. The Labute approximate surface area is 175 Å². The average molecular weight is 433 g/mol. The maximum Gasteiger partial charge on any atom is 0.248 e. The highest BCUT2D eigenvalue weighted by atomic mass is 32.2. The van der Waals surface area contributed by atoms with Gasteiger partial charge in [-0.05, 0) is 51.8 Å². The van der Waals surface area contributed by atoms with Gasteiger partial charge in [-0.15, -0.1) is 0 Å². The summed E-state index contributed by atoms with van der Waals surface area (Å²) in [6.07, 6.45) is 1.11. The van der Waals surface area contributed by atoms with Crippen molar-refractivity contribution < 1.29 is 22.5 Å². The number of hydrogen-bond donors (Lipinski definition) is 1. The van der Waals surface area contributed by atoms with E-state index >= 15 is 0 Å². The molecule has 0 radical (unpaired) electrons. The fraction of sp³-hybridized carbons (Fsp3) is 0.450. The molecule has 1 unspecified atom stereocenters. The van der Waals surface area contributed by atoms with Gasteiger partial charge in [0.05, 0.1) is 29.8 Å². The number of aromatic nitrogens is 1. The van der Waals surface area contributed by atoms with E-state index in [0.29, 0.717) is 48.7 Å². The molecule has 2 heterocycles. The van der Waals surface area contributed by atoms with Crippen LogP contribution in [0.25, 0.3) is 0 Å². The molecular weight excluding hydrogens is 408 g/mol. The highest BCUT2D eigenvalue weighted by molar-refractivity contribution is 7.89. The maximum absolute atomic E-state index is 13.1. The van der Waals surface area contributed by atoms with Gasteiger partial charge in [0.15, 0.2) is 5.76 Å². The summed E-state index contributed by atoms with van der Waals surface area (Å²) in [5.41, 5.74) is 1.08. The zero-order valence-electron chi connectivity index (χ0n) is 17.1. The van der Waals surface area contributed by atoms with Crippen LogP contribution in [-0.2, 0) is 14.8 Å². The number of rotatable bonds is 6. The van der Waals surface area contributed by atoms with Crippen molar-refractivity contribution in [2.24, 2.45) is 5.92 Å². The van der Waals surface area contributed by atoms with Gasteiger partial charge in [0.25, 0.3) is 0 Å². The van der Waals surface area contributed by atoms with E-state index in [1.807, 2.05) is 13.0 Å². The van der Waals surface area contributed by atoms with Crippen molar-refractivity contribution in [3.05, 3.63) is 35.2 Å². The van der Waals surface area contributed by atoms with Gasteiger partial charge in [-0.1, -0.05) is 5.16 Å². The number of sulfonamides is 1. The lowest BCUT2D eigenvalue weighted by Crippen LogP contribution is -2.44. The molecule has 160 valence electrons. The Morgan fingerprint density at radius 3 is 2.83 bits per heavy atom. The summed E-state index contributed by atoms with van der Waals surface area (Å²) in [5.74, 6) is -0.159. The predicted molar refractivity (Wildman–Crippen MR) is 108 cm³/mol. The zero-order valence-corrected chi connectivity index (χ0v) is 18.0. The maximum atomic E-state index is 13.1. The molecule has 1 N–H and O–H groups in total. The van der Waals surface area contributed by atoms with E-state index in [-0.39, 0.29) is 23.1 Å². The summed E-state index contributed by atoms with van der Waals surface area (Å²) in [6.45, 7) is 5.74. The molecule has 0 bridgehead atoms. The van der Waals surface area contributed by atoms with Gasteiger partial charge in [-0.25, -0.2) is 8.42 Å². The van der Waals surface area contributed by atoms with Gasteiger partial charge in [0, 0.05) is 13.1 Å². The van der Waals surface area contributed by atoms with Crippen LogP contribution in [0.5, 0.6) is 5.75 Å². The molecule has 1 atom stereocenters. The SMILES string of the molecule is CCOc1ccc(C#N)cc1NC(=O)C1CCCN(S(=O)(=O)c2c(C)noc2C)C1. The highest BCUT2D eigenvalue weighted by Gasteiger charge is 2.36. The number of anilines is 1. The van der Waals surface area contributed by atoms with E-state index in [4.69, 9.17) is 14.5 Å². The molecule has 9 nitrogen and oxygen atoms in total. The lowest BCUT2D eigenvalue weighted by atomic mass is 9.98. The van der Waals surface area contributed by atoms with Gasteiger partial charge < -0.3 is 14.6 Å². The average Bonchev–Trinajstić information content (AvgIpc) is 3.08. The zero-order chi connectivity index (χ0) is 21.9. The van der Waals surface area contributed by atoms with Gasteiger partial charge in [0.1, 0.15) is 16.3 Å². The van der Waals surface area contributed by atoms with Crippen molar-refractivity contribution in [3.63, 3.8) is 0 Å². The summed E-state index contributed by atoms with van der Waals surface area (Å²) in [7, 11) is -3.82. The largest absolute Gasteiger partial charge is 0.492 e. The molecule has 1 aliphatic heterocycles. The van der Waals surface area contributed by atoms with E-state index in [1.54, 1.807) is 32.0 Å². The molecule has 3 rings (SSSR count). The van der Waals surface area contributed by atoms with Crippen LogP contribution in [-0.4, -0.2) is 43.5 Å². The number of nitrogens with one attached hydrogen (secondary N) is 1. The molecule has 2 aromatic rings. The minimum atomic E-state index is -3.82. The van der Waals surface area contributed by atoms with E-state index in [1.165, 1.54) is 4.31 Å². The van der Waals surface area contributed by atoms with E-state index in [9.17, 15) is 13.2 Å². The first-order chi connectivity index (χ1) is 14.3. The van der Waals surface area contributed by atoms with Crippen molar-refractivity contribution in [2.75, 3.05) is 25.0 Å². The van der Waals surface area contributed by atoms with Crippen molar-refractivity contribution in [1.29, 1.82) is 5.26 Å². The molecule has 1 aromatic carbocycles. The van der Waals surface area contributed by atoms with Gasteiger partial charge in [0.2, 0.25) is 15.9 Å². The van der Waals surface area contributed by atoms with Gasteiger partial charge >= 0.3 is 0 Å². The third-order valence-corrected chi connectivity index (χ3v) is 7.10. The lowest BCUT2D eigenvalue weighted by Gasteiger charge is -2.31. The number of nitrogens with zero attached hydrogens (tertiary/aromatic N) is 3. The van der Waals surface area contributed by atoms with Gasteiger partial charge in [-0.3, -0.25) is 4.79 Å². The van der Waals surface area contributed by atoms with Crippen LogP contribution in [0, 0.1) is 31.1 Å². The second-order valence-corrected chi connectivity index (χ2v) is 8.98. The molecule has 30 heavy (non-hydrogen) atoms. The molecular formula is C20H24N4O5S. The fourth-order valence-electron chi connectivity index (χ4n) is 3.56. The third-order valence-electron chi connectivity index (χ3n) is 4.99. The summed E-state index contributed by atoms with van der Waals surface area (Å²) in [6, 6.07) is 6.82. The summed E-state index contributed by atoms with van der Waals surface area (Å²) < 4.78 is 38.0. The van der Waals surface area contributed by atoms with Crippen molar-refractivity contribution >= 4 is 21.6 Å². The predicted octanol–water partition coefficient (Wildman–Crippen LogP) is 2.60. The van der Waals surface area contributed by atoms with Crippen LogP contribution in [0.3, 0.4) is 0 Å². The second kappa shape index (κ2) is 8.85. The van der Waals surface area contributed by atoms with E-state index < -0.39 is 15.9 Å². The Morgan fingerprint density at radius 2 is 2.20 bits per heavy atom. The first-order valence-corrected chi connectivity index (χ1v) is 11.1. The molecule has 1 fully saturated rings. The van der Waals surface area contributed by atoms with Crippen LogP contribution in [0.1, 0.15) is 36.8 Å². The molecule has 1 saturated heterocycles. The topological polar surface area (TPSA) is 126 Å². The van der Waals surface area contributed by atoms with Gasteiger partial charge in [-0.2, -0.15) is 9.57 Å². The number of carbonyl (C=O) groups is 1. The van der Waals surface area contributed by atoms with E-state index in [0.717, 1.165) is 0 Å². The van der Waals surface area contributed by atoms with Crippen molar-refractivity contribution in [1.82, 2.24) is 9.46 Å². The quantitative estimate of drug-likeness (QED) is 0.743. The summed E-state index contributed by atoms with van der Waals surface area (Å²) in [4.78, 5) is 13.0. The molecule has 0 saturated carbocycles. The minimum absolute atomic E-state index is 0.0557. The van der Waals surface area contributed by atoms with Crippen LogP contribution in [0.2, 0.25) is 0 Å².